The van der Waals surface area contributed by atoms with E-state index < -0.39 is 19.7 Å². The van der Waals surface area contributed by atoms with E-state index in [0.717, 1.165) is 0 Å². The van der Waals surface area contributed by atoms with Crippen molar-refractivity contribution in [1.29, 1.82) is 0 Å². The highest BCUT2D eigenvalue weighted by Crippen LogP contribution is 2.30. The van der Waals surface area contributed by atoms with Crippen molar-refractivity contribution in [2.45, 2.75) is 19.6 Å². The van der Waals surface area contributed by atoms with Crippen molar-refractivity contribution in [2.24, 2.45) is 0 Å². The lowest BCUT2D eigenvalue weighted by atomic mass is 10.3. The molecule has 40 heavy (non-hydrogen) atoms. The van der Waals surface area contributed by atoms with Crippen LogP contribution in [0.1, 0.15) is 0 Å². The number of sulfone groups is 2. The molecule has 0 unspecified atom stereocenters. The third kappa shape index (κ3) is 6.16. The predicted molar refractivity (Wildman–Crippen MR) is 153 cm³/mol. The minimum absolute atomic E-state index is 0.137. The SMILES string of the molecule is O=S(=O)(c1ccc(Cl)cc1)c1ccc(Oc2ccc(Oc3ccc(S(=O)(=O)c4ccc(Cl)cc4)cc3)cc2)cc1. The molecule has 202 valence electrons. The highest BCUT2D eigenvalue weighted by atomic mass is 35.5. The number of hydrogen-bond donors (Lipinski definition) is 0. The first-order chi connectivity index (χ1) is 19.1. The monoisotopic (exact) mass is 610 g/mol. The summed E-state index contributed by atoms with van der Waals surface area (Å²) in [5.41, 5.74) is 0. The van der Waals surface area contributed by atoms with E-state index in [4.69, 9.17) is 32.7 Å². The van der Waals surface area contributed by atoms with Crippen LogP contribution < -0.4 is 9.47 Å². The fourth-order valence-corrected chi connectivity index (χ4v) is 6.50. The largest absolute Gasteiger partial charge is 0.457 e. The molecule has 0 saturated heterocycles. The molecule has 0 spiro atoms. The number of halogens is 2. The van der Waals surface area contributed by atoms with Gasteiger partial charge < -0.3 is 9.47 Å². The van der Waals surface area contributed by atoms with Crippen LogP contribution in [-0.2, 0) is 19.7 Å². The van der Waals surface area contributed by atoms with Crippen LogP contribution in [0, 0.1) is 0 Å². The molecule has 0 saturated carbocycles. The summed E-state index contributed by atoms with van der Waals surface area (Å²) in [5.74, 6) is 1.96. The third-order valence-corrected chi connectivity index (χ3v) is 9.89. The highest BCUT2D eigenvalue weighted by molar-refractivity contribution is 7.91. The van der Waals surface area contributed by atoms with Gasteiger partial charge in [-0.3, -0.25) is 0 Å². The molecule has 0 aliphatic rings. The minimum Gasteiger partial charge on any atom is -0.457 e. The summed E-state index contributed by atoms with van der Waals surface area (Å²) in [6, 6.07) is 31.0. The van der Waals surface area contributed by atoms with Crippen LogP contribution in [0.2, 0.25) is 10.0 Å². The van der Waals surface area contributed by atoms with Gasteiger partial charge in [0.2, 0.25) is 19.7 Å². The third-order valence-electron chi connectivity index (χ3n) is 5.81. The second-order valence-corrected chi connectivity index (χ2v) is 13.3. The van der Waals surface area contributed by atoms with E-state index in [1.807, 2.05) is 0 Å². The van der Waals surface area contributed by atoms with Gasteiger partial charge in [0.1, 0.15) is 23.0 Å². The number of rotatable bonds is 8. The van der Waals surface area contributed by atoms with Crippen LogP contribution >= 0.6 is 23.2 Å². The Balaban J connectivity index is 1.22. The lowest BCUT2D eigenvalue weighted by Gasteiger charge is -2.10. The first-order valence-electron chi connectivity index (χ1n) is 11.8. The molecule has 6 nitrogen and oxygen atoms in total. The smallest absolute Gasteiger partial charge is 0.206 e. The predicted octanol–water partition coefficient (Wildman–Crippen LogP) is 8.24. The Kier molecular flexibility index (Phi) is 7.87. The molecule has 10 heteroatoms. The molecule has 5 aromatic carbocycles. The molecule has 0 N–H and O–H groups in total. The van der Waals surface area contributed by atoms with Crippen LogP contribution in [0.4, 0.5) is 0 Å². The summed E-state index contributed by atoms with van der Waals surface area (Å²) in [6.07, 6.45) is 0. The normalized spacial score (nSPS) is 11.7. The summed E-state index contributed by atoms with van der Waals surface area (Å²) < 4.78 is 62.9. The van der Waals surface area contributed by atoms with Crippen LogP contribution in [0.15, 0.2) is 141 Å². The standard InChI is InChI=1S/C30H20Cl2O6S2/c31-21-1-13-27(14-2-21)39(33,34)29-17-9-25(10-18-29)37-23-5-7-24(8-6-23)38-26-11-19-30(20-12-26)40(35,36)28-15-3-22(32)4-16-28/h1-20H. The van der Waals surface area contributed by atoms with Crippen molar-refractivity contribution in [2.75, 3.05) is 0 Å². The second kappa shape index (κ2) is 11.3. The van der Waals surface area contributed by atoms with Gasteiger partial charge in [-0.05, 0) is 121 Å². The summed E-state index contributed by atoms with van der Waals surface area (Å²) >= 11 is 11.7. The van der Waals surface area contributed by atoms with Crippen molar-refractivity contribution >= 4 is 42.9 Å². The van der Waals surface area contributed by atoms with Crippen molar-refractivity contribution < 1.29 is 26.3 Å². The average Bonchev–Trinajstić information content (AvgIpc) is 2.95. The Bertz CT molecular complexity index is 1700. The Morgan fingerprint density at radius 2 is 0.550 bits per heavy atom. The first-order valence-corrected chi connectivity index (χ1v) is 15.5. The lowest BCUT2D eigenvalue weighted by Crippen LogP contribution is -2.01. The fraction of sp³-hybridized carbons (Fsp3) is 0. The summed E-state index contributed by atoms with van der Waals surface area (Å²) in [6.45, 7) is 0. The van der Waals surface area contributed by atoms with E-state index in [-0.39, 0.29) is 19.6 Å². The Morgan fingerprint density at radius 3 is 0.800 bits per heavy atom. The molecule has 0 aliphatic carbocycles. The van der Waals surface area contributed by atoms with Crippen molar-refractivity contribution in [3.63, 3.8) is 0 Å². The van der Waals surface area contributed by atoms with Crippen LogP contribution in [0.5, 0.6) is 23.0 Å². The number of ether oxygens (including phenoxy) is 2. The van der Waals surface area contributed by atoms with Gasteiger partial charge >= 0.3 is 0 Å². The van der Waals surface area contributed by atoms with Gasteiger partial charge in [-0.1, -0.05) is 23.2 Å². The average molecular weight is 612 g/mol. The molecule has 0 atom stereocenters. The zero-order valence-electron chi connectivity index (χ0n) is 20.6. The molecular formula is C30H20Cl2O6S2. The maximum Gasteiger partial charge on any atom is 0.206 e. The van der Waals surface area contributed by atoms with Crippen molar-refractivity contribution in [3.05, 3.63) is 131 Å². The quantitative estimate of drug-likeness (QED) is 0.176. The molecule has 0 heterocycles. The molecule has 0 radical (unpaired) electrons. The molecule has 5 rings (SSSR count). The van der Waals surface area contributed by atoms with Crippen molar-refractivity contribution in [3.8, 4) is 23.0 Å². The molecule has 0 bridgehead atoms. The Labute approximate surface area is 242 Å². The van der Waals surface area contributed by atoms with E-state index in [1.165, 1.54) is 72.8 Å². The van der Waals surface area contributed by atoms with E-state index >= 15 is 0 Å². The fourth-order valence-electron chi connectivity index (χ4n) is 3.72. The summed E-state index contributed by atoms with van der Waals surface area (Å²) in [4.78, 5) is 0.578. The Morgan fingerprint density at radius 1 is 0.350 bits per heavy atom. The van der Waals surface area contributed by atoms with Gasteiger partial charge in [0.25, 0.3) is 0 Å². The number of benzene rings is 5. The van der Waals surface area contributed by atoms with Gasteiger partial charge in [0, 0.05) is 10.0 Å². The molecule has 5 aromatic rings. The molecule has 0 fully saturated rings. The van der Waals surface area contributed by atoms with Crippen LogP contribution in [0.25, 0.3) is 0 Å². The highest BCUT2D eigenvalue weighted by Gasteiger charge is 2.18. The second-order valence-electron chi connectivity index (χ2n) is 8.53. The van der Waals surface area contributed by atoms with Crippen LogP contribution in [-0.4, -0.2) is 16.8 Å². The number of hydrogen-bond acceptors (Lipinski definition) is 6. The van der Waals surface area contributed by atoms with Gasteiger partial charge in [-0.2, -0.15) is 0 Å². The van der Waals surface area contributed by atoms with E-state index in [1.54, 1.807) is 48.5 Å². The zero-order valence-corrected chi connectivity index (χ0v) is 23.7. The topological polar surface area (TPSA) is 86.7 Å². The minimum atomic E-state index is -3.68. The maximum absolute atomic E-state index is 12.8. The van der Waals surface area contributed by atoms with Gasteiger partial charge in [0.15, 0.2) is 0 Å². The van der Waals surface area contributed by atoms with Crippen LogP contribution in [0.3, 0.4) is 0 Å². The lowest BCUT2D eigenvalue weighted by molar-refractivity contribution is 0.469. The van der Waals surface area contributed by atoms with Crippen molar-refractivity contribution in [1.82, 2.24) is 0 Å². The van der Waals surface area contributed by atoms with E-state index in [9.17, 15) is 16.8 Å². The molecule has 0 aliphatic heterocycles. The first kappa shape index (κ1) is 27.7. The summed E-state index contributed by atoms with van der Waals surface area (Å²) in [7, 11) is -7.35. The molecule has 0 aromatic heterocycles. The van der Waals surface area contributed by atoms with E-state index in [0.29, 0.717) is 33.0 Å². The molecular weight excluding hydrogens is 591 g/mol. The summed E-state index contributed by atoms with van der Waals surface area (Å²) in [5, 5.41) is 0.912. The van der Waals surface area contributed by atoms with Gasteiger partial charge in [0.05, 0.1) is 19.6 Å². The zero-order chi connectivity index (χ0) is 28.3. The maximum atomic E-state index is 12.8. The van der Waals surface area contributed by atoms with Gasteiger partial charge in [-0.25, -0.2) is 16.8 Å². The van der Waals surface area contributed by atoms with E-state index in [2.05, 4.69) is 0 Å². The van der Waals surface area contributed by atoms with Gasteiger partial charge in [-0.15, -0.1) is 0 Å². The Hall–Kier alpha value is -3.82. The molecule has 0 amide bonds.